The van der Waals surface area contributed by atoms with Gasteiger partial charge in [-0.25, -0.2) is 9.97 Å². The average molecular weight is 212 g/mol. The monoisotopic (exact) mass is 212 g/mol. The molecule has 2 aromatic heterocycles. The van der Waals surface area contributed by atoms with Gasteiger partial charge >= 0.3 is 0 Å². The minimum absolute atomic E-state index is 0.150. The van der Waals surface area contributed by atoms with Crippen LogP contribution in [0.25, 0.3) is 0 Å². The first-order valence-corrected chi connectivity index (χ1v) is 4.57. The van der Waals surface area contributed by atoms with E-state index in [-0.39, 0.29) is 11.4 Å². The van der Waals surface area contributed by atoms with E-state index in [9.17, 15) is 0 Å². The third kappa shape index (κ3) is 1.53. The van der Waals surface area contributed by atoms with Gasteiger partial charge in [-0.15, -0.1) is 0 Å². The van der Waals surface area contributed by atoms with Crippen LogP contribution in [-0.4, -0.2) is 19.1 Å². The summed E-state index contributed by atoms with van der Waals surface area (Å²) in [7, 11) is 1.87. The molecule has 0 atom stereocenters. The lowest BCUT2D eigenvalue weighted by Gasteiger charge is -2.03. The van der Waals surface area contributed by atoms with Crippen molar-refractivity contribution in [1.29, 1.82) is 10.5 Å². The Balaban J connectivity index is 2.37. The summed E-state index contributed by atoms with van der Waals surface area (Å²) in [5.41, 5.74) is 0.419. The third-order valence-corrected chi connectivity index (χ3v) is 2.28. The molecule has 0 saturated heterocycles. The summed E-state index contributed by atoms with van der Waals surface area (Å²) in [4.78, 5) is 8.00. The van der Waals surface area contributed by atoms with Crippen LogP contribution in [-0.2, 0) is 13.6 Å². The Morgan fingerprint density at radius 3 is 2.69 bits per heavy atom. The summed E-state index contributed by atoms with van der Waals surface area (Å²) in [6.07, 6.45) is 4.98. The molecule has 78 valence electrons. The first-order chi connectivity index (χ1) is 7.76. The van der Waals surface area contributed by atoms with Gasteiger partial charge in [0.25, 0.3) is 0 Å². The van der Waals surface area contributed by atoms with Crippen molar-refractivity contribution >= 4 is 0 Å². The maximum atomic E-state index is 8.93. The van der Waals surface area contributed by atoms with Gasteiger partial charge in [0.15, 0.2) is 11.4 Å². The van der Waals surface area contributed by atoms with Crippen molar-refractivity contribution in [2.45, 2.75) is 6.54 Å². The molecule has 0 saturated carbocycles. The van der Waals surface area contributed by atoms with Crippen LogP contribution in [0.3, 0.4) is 0 Å². The maximum Gasteiger partial charge on any atom is 0.176 e. The molecule has 0 radical (unpaired) electrons. The molecule has 0 aromatic carbocycles. The average Bonchev–Trinajstić information content (AvgIpc) is 2.86. The van der Waals surface area contributed by atoms with Gasteiger partial charge in [-0.1, -0.05) is 0 Å². The lowest BCUT2D eigenvalue weighted by atomic mass is 10.3. The van der Waals surface area contributed by atoms with Gasteiger partial charge in [-0.3, -0.25) is 0 Å². The van der Waals surface area contributed by atoms with Gasteiger partial charge in [-0.05, 0) is 0 Å². The van der Waals surface area contributed by atoms with Crippen LogP contribution >= 0.6 is 0 Å². The smallest absolute Gasteiger partial charge is 0.176 e. The van der Waals surface area contributed by atoms with E-state index in [1.54, 1.807) is 10.8 Å². The number of hydrogen-bond acceptors (Lipinski definition) is 4. The Hall–Kier alpha value is -2.60. The van der Waals surface area contributed by atoms with E-state index in [0.717, 1.165) is 5.82 Å². The molecule has 0 bridgehead atoms. The lowest BCUT2D eigenvalue weighted by Crippen LogP contribution is -2.06. The van der Waals surface area contributed by atoms with E-state index < -0.39 is 0 Å². The van der Waals surface area contributed by atoms with Gasteiger partial charge in [0, 0.05) is 19.4 Å². The predicted molar refractivity (Wildman–Crippen MR) is 54.0 cm³/mol. The quantitative estimate of drug-likeness (QED) is 0.721. The highest BCUT2D eigenvalue weighted by Crippen LogP contribution is 2.07. The zero-order valence-electron chi connectivity index (χ0n) is 8.62. The fourth-order valence-corrected chi connectivity index (χ4v) is 1.40. The maximum absolute atomic E-state index is 8.93. The largest absolute Gasteiger partial charge is 0.337 e. The molecule has 0 spiro atoms. The summed E-state index contributed by atoms with van der Waals surface area (Å²) < 4.78 is 3.47. The Bertz CT molecular complexity index is 592. The minimum Gasteiger partial charge on any atom is -0.337 e. The highest BCUT2D eigenvalue weighted by Gasteiger charge is 2.11. The number of imidazole rings is 2. The van der Waals surface area contributed by atoms with Crippen molar-refractivity contribution in [2.24, 2.45) is 7.05 Å². The van der Waals surface area contributed by atoms with E-state index in [4.69, 9.17) is 10.5 Å². The molecule has 6 nitrogen and oxygen atoms in total. The second-order valence-corrected chi connectivity index (χ2v) is 3.25. The molecule has 2 aromatic rings. The molecule has 0 fully saturated rings. The molecule has 2 rings (SSSR count). The van der Waals surface area contributed by atoms with Crippen LogP contribution < -0.4 is 0 Å². The minimum atomic E-state index is 0.150. The van der Waals surface area contributed by atoms with E-state index in [1.807, 2.05) is 30.0 Å². The van der Waals surface area contributed by atoms with E-state index in [2.05, 4.69) is 9.97 Å². The van der Waals surface area contributed by atoms with Gasteiger partial charge in [0.05, 0.1) is 12.9 Å². The van der Waals surface area contributed by atoms with Crippen LogP contribution in [0.5, 0.6) is 0 Å². The number of nitrogens with zero attached hydrogens (tertiary/aromatic N) is 6. The van der Waals surface area contributed by atoms with Gasteiger partial charge in [0.2, 0.25) is 0 Å². The fourth-order valence-electron chi connectivity index (χ4n) is 1.40. The molecule has 0 aliphatic carbocycles. The Labute approximate surface area is 92.0 Å². The van der Waals surface area contributed by atoms with Crippen LogP contribution in [0.1, 0.15) is 17.2 Å². The second-order valence-electron chi connectivity index (χ2n) is 3.25. The number of aromatic nitrogens is 4. The summed E-state index contributed by atoms with van der Waals surface area (Å²) in [6.45, 7) is 0.432. The van der Waals surface area contributed by atoms with Crippen molar-refractivity contribution in [3.05, 3.63) is 35.9 Å². The summed E-state index contributed by atoms with van der Waals surface area (Å²) in [6, 6.07) is 3.85. The molecule has 0 unspecified atom stereocenters. The lowest BCUT2D eigenvalue weighted by molar-refractivity contribution is 0.693. The fraction of sp³-hybridized carbons (Fsp3) is 0.200. The van der Waals surface area contributed by atoms with Crippen molar-refractivity contribution < 1.29 is 0 Å². The molecule has 16 heavy (non-hydrogen) atoms. The van der Waals surface area contributed by atoms with Crippen molar-refractivity contribution in [3.63, 3.8) is 0 Å². The topological polar surface area (TPSA) is 83.2 Å². The normalized spacial score (nSPS) is 9.69. The first kappa shape index (κ1) is 9.94. The highest BCUT2D eigenvalue weighted by molar-refractivity contribution is 5.36. The molecular formula is C10H8N6. The van der Waals surface area contributed by atoms with E-state index >= 15 is 0 Å². The van der Waals surface area contributed by atoms with Crippen LogP contribution in [0.4, 0.5) is 0 Å². The molecular weight excluding hydrogens is 204 g/mol. The van der Waals surface area contributed by atoms with Gasteiger partial charge in [0.1, 0.15) is 18.0 Å². The van der Waals surface area contributed by atoms with E-state index in [1.165, 1.54) is 6.33 Å². The molecule has 0 aliphatic rings. The zero-order chi connectivity index (χ0) is 11.5. The standard InChI is InChI=1S/C10H8N6/c1-15-3-2-13-10(15)6-16-7-14-8(4-11)9(16)5-12/h2-3,7H,6H2,1H3. The number of nitriles is 2. The van der Waals surface area contributed by atoms with Gasteiger partial charge in [-0.2, -0.15) is 10.5 Å². The summed E-state index contributed by atoms with van der Waals surface area (Å²) in [5.74, 6) is 0.804. The highest BCUT2D eigenvalue weighted by atomic mass is 15.1. The molecule has 0 amide bonds. The SMILES string of the molecule is Cn1ccnc1Cn1cnc(C#N)c1C#N. The molecule has 0 aliphatic heterocycles. The molecule has 0 N–H and O–H groups in total. The number of rotatable bonds is 2. The van der Waals surface area contributed by atoms with Gasteiger partial charge < -0.3 is 9.13 Å². The Kier molecular flexibility index (Phi) is 2.40. The van der Waals surface area contributed by atoms with Crippen LogP contribution in [0.15, 0.2) is 18.7 Å². The van der Waals surface area contributed by atoms with Crippen molar-refractivity contribution in [1.82, 2.24) is 19.1 Å². The first-order valence-electron chi connectivity index (χ1n) is 4.57. The Morgan fingerprint density at radius 1 is 1.31 bits per heavy atom. The van der Waals surface area contributed by atoms with Crippen molar-refractivity contribution in [2.75, 3.05) is 0 Å². The summed E-state index contributed by atoms with van der Waals surface area (Å²) >= 11 is 0. The number of aryl methyl sites for hydroxylation is 1. The Morgan fingerprint density at radius 2 is 2.12 bits per heavy atom. The molecule has 6 heteroatoms. The van der Waals surface area contributed by atoms with Crippen LogP contribution in [0.2, 0.25) is 0 Å². The summed E-state index contributed by atoms with van der Waals surface area (Å²) in [5, 5.41) is 17.7. The molecule has 2 heterocycles. The van der Waals surface area contributed by atoms with E-state index in [0.29, 0.717) is 6.54 Å². The van der Waals surface area contributed by atoms with Crippen molar-refractivity contribution in [3.8, 4) is 12.1 Å². The second kappa shape index (κ2) is 3.87. The zero-order valence-corrected chi connectivity index (χ0v) is 8.62. The number of hydrogen-bond donors (Lipinski definition) is 0. The van der Waals surface area contributed by atoms with Crippen LogP contribution in [0, 0.1) is 22.7 Å². The third-order valence-electron chi connectivity index (χ3n) is 2.28. The predicted octanol–water partition coefficient (Wildman–Crippen LogP) is 0.408.